The molecule has 2 heterocycles. The molecule has 2 N–H and O–H groups in total. The summed E-state index contributed by atoms with van der Waals surface area (Å²) in [6.07, 6.45) is 1.73. The molecule has 1 aliphatic rings. The van der Waals surface area contributed by atoms with Gasteiger partial charge in [0, 0.05) is 18.1 Å². The Hall–Kier alpha value is -2.50. The zero-order valence-corrected chi connectivity index (χ0v) is 10.8. The van der Waals surface area contributed by atoms with Crippen LogP contribution in [-0.4, -0.2) is 35.8 Å². The number of aromatic nitrogens is 1. The van der Waals surface area contributed by atoms with Crippen LogP contribution in [0.3, 0.4) is 0 Å². The minimum absolute atomic E-state index is 0.0443. The van der Waals surface area contributed by atoms with E-state index in [2.05, 4.69) is 10.3 Å². The fourth-order valence-corrected chi connectivity index (χ4v) is 2.14. The largest absolute Gasteiger partial charge is 0.486 e. The van der Waals surface area contributed by atoms with E-state index in [4.69, 9.17) is 14.6 Å². The third kappa shape index (κ3) is 2.45. The molecule has 20 heavy (non-hydrogen) atoms. The highest BCUT2D eigenvalue weighted by Gasteiger charge is 2.14. The first-order valence-corrected chi connectivity index (χ1v) is 6.38. The van der Waals surface area contributed by atoms with E-state index in [1.807, 2.05) is 18.2 Å². The molecule has 0 atom stereocenters. The molecule has 0 bridgehead atoms. The zero-order valence-electron chi connectivity index (χ0n) is 10.8. The molecular weight excluding hydrogens is 260 g/mol. The summed E-state index contributed by atoms with van der Waals surface area (Å²) in [6, 6.07) is 5.67. The van der Waals surface area contributed by atoms with Gasteiger partial charge in [-0.25, -0.2) is 4.98 Å². The molecule has 0 amide bonds. The van der Waals surface area contributed by atoms with E-state index in [0.29, 0.717) is 31.3 Å². The van der Waals surface area contributed by atoms with Crippen molar-refractivity contribution in [2.45, 2.75) is 6.42 Å². The van der Waals surface area contributed by atoms with Gasteiger partial charge in [-0.05, 0) is 23.6 Å². The van der Waals surface area contributed by atoms with E-state index in [-0.39, 0.29) is 6.42 Å². The molecule has 0 unspecified atom stereocenters. The van der Waals surface area contributed by atoms with E-state index >= 15 is 0 Å². The SMILES string of the molecule is O=C(O)CCNc1nccc2cc3c(cc12)OCCO3. The number of hydrogen-bond acceptors (Lipinski definition) is 5. The molecule has 0 aliphatic carbocycles. The van der Waals surface area contributed by atoms with Crippen LogP contribution in [0.2, 0.25) is 0 Å². The summed E-state index contributed by atoms with van der Waals surface area (Å²) in [6.45, 7) is 1.41. The summed E-state index contributed by atoms with van der Waals surface area (Å²) in [5.41, 5.74) is 0. The molecule has 0 radical (unpaired) electrons. The molecule has 0 fully saturated rings. The van der Waals surface area contributed by atoms with Gasteiger partial charge in [-0.15, -0.1) is 0 Å². The molecule has 0 spiro atoms. The number of carboxylic acids is 1. The summed E-state index contributed by atoms with van der Waals surface area (Å²) in [4.78, 5) is 14.8. The first-order chi connectivity index (χ1) is 9.74. The van der Waals surface area contributed by atoms with Gasteiger partial charge in [-0.3, -0.25) is 4.79 Å². The van der Waals surface area contributed by atoms with E-state index in [0.717, 1.165) is 16.5 Å². The predicted octanol–water partition coefficient (Wildman–Crippen LogP) is 1.89. The number of fused-ring (bicyclic) bond motifs is 2. The van der Waals surface area contributed by atoms with Crippen molar-refractivity contribution in [3.05, 3.63) is 24.4 Å². The number of nitrogens with zero attached hydrogens (tertiary/aromatic N) is 1. The van der Waals surface area contributed by atoms with Crippen molar-refractivity contribution in [1.29, 1.82) is 0 Å². The van der Waals surface area contributed by atoms with Crippen molar-refractivity contribution in [3.63, 3.8) is 0 Å². The van der Waals surface area contributed by atoms with Gasteiger partial charge in [-0.1, -0.05) is 0 Å². The van der Waals surface area contributed by atoms with Crippen molar-refractivity contribution in [3.8, 4) is 11.5 Å². The Morgan fingerprint density at radius 3 is 2.80 bits per heavy atom. The number of carbonyl (C=O) groups is 1. The first-order valence-electron chi connectivity index (χ1n) is 6.38. The summed E-state index contributed by atoms with van der Waals surface area (Å²) in [5.74, 6) is 1.23. The maximum atomic E-state index is 10.5. The highest BCUT2D eigenvalue weighted by Crippen LogP contribution is 2.36. The summed E-state index contributed by atoms with van der Waals surface area (Å²) < 4.78 is 11.1. The number of hydrogen-bond donors (Lipinski definition) is 2. The lowest BCUT2D eigenvalue weighted by Crippen LogP contribution is -2.15. The van der Waals surface area contributed by atoms with Crippen LogP contribution in [0, 0.1) is 0 Å². The smallest absolute Gasteiger partial charge is 0.305 e. The topological polar surface area (TPSA) is 80.7 Å². The van der Waals surface area contributed by atoms with Crippen molar-refractivity contribution in [1.82, 2.24) is 4.98 Å². The van der Waals surface area contributed by atoms with Gasteiger partial charge >= 0.3 is 5.97 Å². The van der Waals surface area contributed by atoms with Crippen LogP contribution in [0.15, 0.2) is 24.4 Å². The minimum Gasteiger partial charge on any atom is -0.486 e. The van der Waals surface area contributed by atoms with Gasteiger partial charge in [0.1, 0.15) is 19.0 Å². The molecular formula is C14H14N2O4. The van der Waals surface area contributed by atoms with Crippen molar-refractivity contribution in [2.75, 3.05) is 25.1 Å². The van der Waals surface area contributed by atoms with Crippen LogP contribution < -0.4 is 14.8 Å². The predicted molar refractivity (Wildman–Crippen MR) is 73.5 cm³/mol. The number of aliphatic carboxylic acids is 1. The van der Waals surface area contributed by atoms with Crippen LogP contribution in [0.1, 0.15) is 6.42 Å². The molecule has 3 rings (SSSR count). The molecule has 1 aromatic carbocycles. The summed E-state index contributed by atoms with van der Waals surface area (Å²) in [7, 11) is 0. The molecule has 104 valence electrons. The lowest BCUT2D eigenvalue weighted by molar-refractivity contribution is -0.136. The van der Waals surface area contributed by atoms with Crippen molar-refractivity contribution in [2.24, 2.45) is 0 Å². The van der Waals surface area contributed by atoms with Gasteiger partial charge in [-0.2, -0.15) is 0 Å². The van der Waals surface area contributed by atoms with E-state index < -0.39 is 5.97 Å². The normalized spacial score (nSPS) is 13.2. The molecule has 1 aliphatic heterocycles. The Morgan fingerprint density at radius 1 is 1.30 bits per heavy atom. The second-order valence-corrected chi connectivity index (χ2v) is 4.45. The van der Waals surface area contributed by atoms with Gasteiger partial charge in [0.05, 0.1) is 6.42 Å². The number of nitrogens with one attached hydrogen (secondary N) is 1. The number of rotatable bonds is 4. The Labute approximate surface area is 115 Å². The Balaban J connectivity index is 1.94. The first kappa shape index (κ1) is 12.5. The maximum Gasteiger partial charge on any atom is 0.305 e. The molecule has 2 aromatic rings. The fourth-order valence-electron chi connectivity index (χ4n) is 2.14. The van der Waals surface area contributed by atoms with Gasteiger partial charge in [0.2, 0.25) is 0 Å². The highest BCUT2D eigenvalue weighted by atomic mass is 16.6. The number of anilines is 1. The standard InChI is InChI=1S/C14H14N2O4/c17-13(18)2-4-16-14-10-8-12-11(19-5-6-20-12)7-9(10)1-3-15-14/h1,3,7-8H,2,4-6H2,(H,15,16)(H,17,18). The fraction of sp³-hybridized carbons (Fsp3) is 0.286. The van der Waals surface area contributed by atoms with Crippen molar-refractivity contribution < 1.29 is 19.4 Å². The maximum absolute atomic E-state index is 10.5. The van der Waals surface area contributed by atoms with Crippen LogP contribution in [0.5, 0.6) is 11.5 Å². The monoisotopic (exact) mass is 274 g/mol. The summed E-state index contributed by atoms with van der Waals surface area (Å²) in [5, 5.41) is 13.6. The van der Waals surface area contributed by atoms with Crippen LogP contribution >= 0.6 is 0 Å². The average molecular weight is 274 g/mol. The van der Waals surface area contributed by atoms with E-state index in [1.54, 1.807) is 6.20 Å². The molecule has 1 aromatic heterocycles. The Kier molecular flexibility index (Phi) is 3.28. The number of benzene rings is 1. The Bertz CT molecular complexity index is 657. The summed E-state index contributed by atoms with van der Waals surface area (Å²) >= 11 is 0. The molecule has 0 saturated heterocycles. The molecule has 6 nitrogen and oxygen atoms in total. The number of carboxylic acid groups (broad SMARTS) is 1. The average Bonchev–Trinajstić information content (AvgIpc) is 2.45. The number of pyridine rings is 1. The third-order valence-electron chi connectivity index (χ3n) is 3.06. The lowest BCUT2D eigenvalue weighted by atomic mass is 10.1. The van der Waals surface area contributed by atoms with Crippen molar-refractivity contribution >= 4 is 22.6 Å². The van der Waals surface area contributed by atoms with E-state index in [1.165, 1.54) is 0 Å². The van der Waals surface area contributed by atoms with Crippen LogP contribution in [0.4, 0.5) is 5.82 Å². The molecule has 6 heteroatoms. The second-order valence-electron chi connectivity index (χ2n) is 4.45. The second kappa shape index (κ2) is 5.24. The third-order valence-corrected chi connectivity index (χ3v) is 3.06. The lowest BCUT2D eigenvalue weighted by Gasteiger charge is -2.19. The van der Waals surface area contributed by atoms with Crippen LogP contribution in [0.25, 0.3) is 10.8 Å². The quantitative estimate of drug-likeness (QED) is 0.886. The van der Waals surface area contributed by atoms with Gasteiger partial charge in [0.25, 0.3) is 0 Å². The van der Waals surface area contributed by atoms with Gasteiger partial charge in [0.15, 0.2) is 11.5 Å². The highest BCUT2D eigenvalue weighted by molar-refractivity contribution is 5.94. The zero-order chi connectivity index (χ0) is 13.9. The minimum atomic E-state index is -0.841. The van der Waals surface area contributed by atoms with E-state index in [9.17, 15) is 4.79 Å². The Morgan fingerprint density at radius 2 is 2.05 bits per heavy atom. The van der Waals surface area contributed by atoms with Crippen LogP contribution in [-0.2, 0) is 4.79 Å². The number of ether oxygens (including phenoxy) is 2. The molecule has 0 saturated carbocycles. The van der Waals surface area contributed by atoms with Gasteiger partial charge < -0.3 is 19.9 Å².